The third-order valence-corrected chi connectivity index (χ3v) is 5.52. The molecule has 0 aromatic heterocycles. The molecule has 0 spiro atoms. The Hall–Kier alpha value is -2.61. The summed E-state index contributed by atoms with van der Waals surface area (Å²) in [5, 5.41) is 0. The molecule has 3 rings (SSSR count). The summed E-state index contributed by atoms with van der Waals surface area (Å²) in [4.78, 5) is 16.9. The molecule has 0 radical (unpaired) electrons. The van der Waals surface area contributed by atoms with Crippen LogP contribution >= 0.6 is 22.6 Å². The molecule has 0 unspecified atom stereocenters. The minimum Gasteiger partial charge on any atom is -0.490 e. The fourth-order valence-electron chi connectivity index (χ4n) is 3.07. The fraction of sp³-hybridized carbons (Fsp3) is 0.308. The van der Waals surface area contributed by atoms with Crippen LogP contribution in [0.2, 0.25) is 0 Å². The quantitative estimate of drug-likeness (QED) is 0.178. The lowest BCUT2D eigenvalue weighted by Gasteiger charge is -2.18. The van der Waals surface area contributed by atoms with E-state index in [-0.39, 0.29) is 11.1 Å². The van der Waals surface area contributed by atoms with Crippen molar-refractivity contribution in [3.8, 4) is 11.5 Å². The molecule has 2 aromatic rings. The van der Waals surface area contributed by atoms with E-state index in [0.717, 1.165) is 20.3 Å². The number of ether oxygens (including phenoxy) is 3. The molecule has 2 aromatic carbocycles. The van der Waals surface area contributed by atoms with Crippen LogP contribution in [0.4, 0.5) is 0 Å². The fourth-order valence-corrected chi connectivity index (χ4v) is 3.85. The average molecular weight is 545 g/mol. The predicted molar refractivity (Wildman–Crippen MR) is 136 cm³/mol. The lowest BCUT2D eigenvalue weighted by molar-refractivity contribution is -0.129. The number of cyclic esters (lactones) is 1. The van der Waals surface area contributed by atoms with Crippen molar-refractivity contribution in [2.24, 2.45) is 4.99 Å². The first-order valence-electron chi connectivity index (χ1n) is 10.5. The lowest BCUT2D eigenvalue weighted by atomic mass is 9.87. The van der Waals surface area contributed by atoms with Gasteiger partial charge in [-0.15, -0.1) is 0 Å². The minimum atomic E-state index is -0.476. The molecule has 0 N–H and O–H groups in total. The number of rotatable bonds is 7. The lowest BCUT2D eigenvalue weighted by Crippen LogP contribution is -2.11. The van der Waals surface area contributed by atoms with E-state index in [0.29, 0.717) is 30.6 Å². The Morgan fingerprint density at radius 2 is 1.88 bits per heavy atom. The van der Waals surface area contributed by atoms with Crippen LogP contribution in [-0.2, 0) is 14.9 Å². The van der Waals surface area contributed by atoms with Gasteiger partial charge >= 0.3 is 5.97 Å². The monoisotopic (exact) mass is 545 g/mol. The van der Waals surface area contributed by atoms with Gasteiger partial charge in [0.25, 0.3) is 0 Å². The number of halogens is 1. The Kier molecular flexibility index (Phi) is 7.44. The van der Waals surface area contributed by atoms with Gasteiger partial charge in [-0.05, 0) is 88.9 Å². The van der Waals surface area contributed by atoms with Gasteiger partial charge in [-0.3, -0.25) is 0 Å². The van der Waals surface area contributed by atoms with Crippen molar-refractivity contribution in [3.05, 3.63) is 74.5 Å². The zero-order valence-corrected chi connectivity index (χ0v) is 21.3. The molecule has 0 amide bonds. The van der Waals surface area contributed by atoms with Gasteiger partial charge in [-0.25, -0.2) is 9.79 Å². The molecule has 32 heavy (non-hydrogen) atoms. The summed E-state index contributed by atoms with van der Waals surface area (Å²) in [6, 6.07) is 11.7. The van der Waals surface area contributed by atoms with Crippen LogP contribution in [0.15, 0.2) is 59.2 Å². The van der Waals surface area contributed by atoms with Crippen LogP contribution in [0.1, 0.15) is 51.3 Å². The van der Waals surface area contributed by atoms with E-state index in [1.54, 1.807) is 6.08 Å². The smallest absolute Gasteiger partial charge is 0.363 e. The first-order valence-corrected chi connectivity index (χ1v) is 11.5. The third kappa shape index (κ3) is 5.79. The van der Waals surface area contributed by atoms with E-state index in [1.807, 2.05) is 50.2 Å². The highest BCUT2D eigenvalue weighted by atomic mass is 127. The van der Waals surface area contributed by atoms with Crippen molar-refractivity contribution in [2.45, 2.75) is 40.0 Å². The van der Waals surface area contributed by atoms with Gasteiger partial charge < -0.3 is 14.2 Å². The first-order chi connectivity index (χ1) is 15.1. The summed E-state index contributed by atoms with van der Waals surface area (Å²) < 4.78 is 17.9. The van der Waals surface area contributed by atoms with Crippen molar-refractivity contribution in [1.82, 2.24) is 0 Å². The zero-order valence-electron chi connectivity index (χ0n) is 19.1. The summed E-state index contributed by atoms with van der Waals surface area (Å²) in [5.41, 5.74) is 3.96. The van der Waals surface area contributed by atoms with Crippen LogP contribution < -0.4 is 9.47 Å². The highest BCUT2D eigenvalue weighted by Crippen LogP contribution is 2.35. The Balaban J connectivity index is 1.91. The van der Waals surface area contributed by atoms with Crippen molar-refractivity contribution < 1.29 is 19.0 Å². The molecule has 1 heterocycles. The largest absolute Gasteiger partial charge is 0.490 e. The summed E-state index contributed by atoms with van der Waals surface area (Å²) in [5.74, 6) is 1.11. The van der Waals surface area contributed by atoms with Crippen molar-refractivity contribution in [2.75, 3.05) is 13.2 Å². The van der Waals surface area contributed by atoms with E-state index in [4.69, 9.17) is 14.2 Å². The number of carbonyl (C=O) groups excluding carboxylic acids is 1. The first kappa shape index (κ1) is 24.0. The molecule has 0 atom stereocenters. The van der Waals surface area contributed by atoms with Crippen LogP contribution in [0.5, 0.6) is 11.5 Å². The number of nitrogens with zero attached hydrogens (tertiary/aromatic N) is 1. The van der Waals surface area contributed by atoms with E-state index in [1.165, 1.54) is 5.56 Å². The summed E-state index contributed by atoms with van der Waals surface area (Å²) in [7, 11) is 0. The molecule has 0 saturated heterocycles. The molecule has 0 saturated carbocycles. The van der Waals surface area contributed by atoms with Crippen LogP contribution in [0, 0.1) is 3.57 Å². The van der Waals surface area contributed by atoms with E-state index in [2.05, 4.69) is 54.9 Å². The van der Waals surface area contributed by atoms with Crippen molar-refractivity contribution >= 4 is 40.5 Å². The van der Waals surface area contributed by atoms with E-state index < -0.39 is 5.97 Å². The molecule has 6 heteroatoms. The van der Waals surface area contributed by atoms with Gasteiger partial charge in [0.2, 0.25) is 5.90 Å². The van der Waals surface area contributed by atoms with Gasteiger partial charge in [0.05, 0.1) is 10.2 Å². The van der Waals surface area contributed by atoms with E-state index in [9.17, 15) is 4.79 Å². The highest BCUT2D eigenvalue weighted by Gasteiger charge is 2.25. The maximum atomic E-state index is 12.5. The molecule has 0 fully saturated rings. The van der Waals surface area contributed by atoms with Gasteiger partial charge in [0.15, 0.2) is 17.2 Å². The normalized spacial score (nSPS) is 14.9. The van der Waals surface area contributed by atoms with Crippen molar-refractivity contribution in [1.29, 1.82) is 0 Å². The highest BCUT2D eigenvalue weighted by molar-refractivity contribution is 14.1. The molecule has 168 valence electrons. The van der Waals surface area contributed by atoms with Gasteiger partial charge in [0.1, 0.15) is 6.61 Å². The average Bonchev–Trinajstić information content (AvgIpc) is 3.07. The van der Waals surface area contributed by atoms with Crippen molar-refractivity contribution in [3.63, 3.8) is 0 Å². The van der Waals surface area contributed by atoms with Gasteiger partial charge in [-0.1, -0.05) is 39.5 Å². The number of benzene rings is 2. The molecule has 1 aliphatic rings. The Labute approximate surface area is 203 Å². The van der Waals surface area contributed by atoms with Crippen LogP contribution in [0.3, 0.4) is 0 Å². The maximum Gasteiger partial charge on any atom is 0.363 e. The Bertz CT molecular complexity index is 1090. The minimum absolute atomic E-state index is 0.0490. The maximum absolute atomic E-state index is 12.5. The number of carbonyl (C=O) groups is 1. The topological polar surface area (TPSA) is 57.1 Å². The van der Waals surface area contributed by atoms with Gasteiger partial charge in [-0.2, -0.15) is 0 Å². The second kappa shape index (κ2) is 9.90. The van der Waals surface area contributed by atoms with Gasteiger partial charge in [0, 0.05) is 5.56 Å². The summed E-state index contributed by atoms with van der Waals surface area (Å²) in [6.45, 7) is 15.1. The molecule has 0 bridgehead atoms. The number of hydrogen-bond acceptors (Lipinski definition) is 5. The standard InChI is InChI=1S/C26H28INO4/c1-7-30-22-14-17(12-20(27)23(22)31-15-16(2)3)13-21-25(29)32-24(28-21)18-8-10-19(11-9-18)26(4,5)6/h8-14H,2,7,15H2,1,3-6H3/b21-13-. The summed E-state index contributed by atoms with van der Waals surface area (Å²) in [6.07, 6.45) is 1.70. The SMILES string of the molecule is C=C(C)COc1c(I)cc(/C=C2\N=C(c3ccc(C(C)(C)C)cc3)OC2=O)cc1OCC. The van der Waals surface area contributed by atoms with E-state index >= 15 is 0 Å². The molecule has 5 nitrogen and oxygen atoms in total. The molecule has 1 aliphatic heterocycles. The number of aliphatic imine (C=N–C) groups is 1. The summed E-state index contributed by atoms with van der Waals surface area (Å²) >= 11 is 2.20. The predicted octanol–water partition coefficient (Wildman–Crippen LogP) is 6.29. The third-order valence-electron chi connectivity index (χ3n) is 4.72. The second-order valence-corrected chi connectivity index (χ2v) is 9.83. The Morgan fingerprint density at radius 1 is 1.19 bits per heavy atom. The number of esters is 1. The molecular formula is C26H28INO4. The van der Waals surface area contributed by atoms with Crippen LogP contribution in [0.25, 0.3) is 6.08 Å². The number of hydrogen-bond donors (Lipinski definition) is 0. The molecule has 0 aliphatic carbocycles. The molecular weight excluding hydrogens is 517 g/mol. The second-order valence-electron chi connectivity index (χ2n) is 8.67. The zero-order chi connectivity index (χ0) is 23.5. The Morgan fingerprint density at radius 3 is 2.47 bits per heavy atom. The van der Waals surface area contributed by atoms with Crippen LogP contribution in [-0.4, -0.2) is 25.1 Å².